The normalized spacial score (nSPS) is 32.5. The lowest BCUT2D eigenvalue weighted by Gasteiger charge is -2.50. The summed E-state index contributed by atoms with van der Waals surface area (Å²) in [5.74, 6) is -1.38. The molecule has 3 aliphatic rings. The standard InChI is InChI=1S/C23H31NO6S/c1-23-7-6-13-12(15(23)4-5-18(23)26)3-2-11-8-17(25)21(28)14(20(11)13)9-19(27)24-16(10-31)22(29)30/h8,12-13,15-16,18,25-26,28,31H,2-7,9-10H2,1H3,(H,24,27)(H,29,30)/t12-,13+,15+,16+,18-,23+/m1/s1. The van der Waals surface area contributed by atoms with E-state index in [2.05, 4.69) is 24.9 Å². The van der Waals surface area contributed by atoms with Crippen LogP contribution in [-0.4, -0.2) is 50.2 Å². The summed E-state index contributed by atoms with van der Waals surface area (Å²) in [6.45, 7) is 2.19. The Bertz CT molecular complexity index is 905. The van der Waals surface area contributed by atoms with Gasteiger partial charge in [-0.15, -0.1) is 0 Å². The molecule has 0 aromatic heterocycles. The van der Waals surface area contributed by atoms with E-state index in [1.165, 1.54) is 0 Å². The van der Waals surface area contributed by atoms with Crippen LogP contribution in [0.15, 0.2) is 6.07 Å². The van der Waals surface area contributed by atoms with Gasteiger partial charge in [0.15, 0.2) is 11.5 Å². The molecule has 2 fully saturated rings. The first-order valence-corrected chi connectivity index (χ1v) is 11.7. The number of carbonyl (C=O) groups excluding carboxylic acids is 1. The summed E-state index contributed by atoms with van der Waals surface area (Å²) in [7, 11) is 0. The third-order valence-electron chi connectivity index (χ3n) is 8.17. The van der Waals surface area contributed by atoms with Gasteiger partial charge in [-0.25, -0.2) is 4.79 Å². The van der Waals surface area contributed by atoms with Gasteiger partial charge in [0.1, 0.15) is 6.04 Å². The summed E-state index contributed by atoms with van der Waals surface area (Å²) in [4.78, 5) is 23.9. The highest BCUT2D eigenvalue weighted by molar-refractivity contribution is 7.80. The number of aliphatic carboxylic acids is 1. The SMILES string of the molecule is C[C@]12CC[C@@H]3c4c(cc(O)c(O)c4CC(=O)N[C@@H](CS)C(=O)O)CC[C@H]3[C@@H]1CC[C@H]2O. The van der Waals surface area contributed by atoms with Gasteiger partial charge in [-0.1, -0.05) is 6.92 Å². The van der Waals surface area contributed by atoms with Gasteiger partial charge in [-0.2, -0.15) is 12.6 Å². The maximum Gasteiger partial charge on any atom is 0.327 e. The van der Waals surface area contributed by atoms with Crippen molar-refractivity contribution in [3.8, 4) is 11.5 Å². The molecular formula is C23H31NO6S. The fraction of sp³-hybridized carbons (Fsp3) is 0.652. The number of aliphatic hydroxyl groups is 1. The molecule has 0 aliphatic heterocycles. The molecule has 4 rings (SSSR count). The number of aryl methyl sites for hydroxylation is 1. The Morgan fingerprint density at radius 1 is 1.26 bits per heavy atom. The number of phenolic OH excluding ortho intramolecular Hbond substituents is 2. The van der Waals surface area contributed by atoms with Crippen molar-refractivity contribution in [1.29, 1.82) is 0 Å². The Balaban J connectivity index is 1.68. The fourth-order valence-corrected chi connectivity index (χ4v) is 6.82. The zero-order valence-electron chi connectivity index (χ0n) is 17.7. The number of carboxylic acids is 1. The highest BCUT2D eigenvalue weighted by atomic mass is 32.1. The van der Waals surface area contributed by atoms with Crippen molar-refractivity contribution < 1.29 is 30.0 Å². The van der Waals surface area contributed by atoms with Crippen molar-refractivity contribution in [2.24, 2.45) is 17.3 Å². The van der Waals surface area contributed by atoms with E-state index < -0.39 is 17.9 Å². The number of hydrogen-bond acceptors (Lipinski definition) is 6. The van der Waals surface area contributed by atoms with Gasteiger partial charge in [0.25, 0.3) is 0 Å². The van der Waals surface area contributed by atoms with Crippen molar-refractivity contribution in [3.63, 3.8) is 0 Å². The quantitative estimate of drug-likeness (QED) is 0.303. The van der Waals surface area contributed by atoms with E-state index in [1.54, 1.807) is 6.07 Å². The van der Waals surface area contributed by atoms with Gasteiger partial charge in [0.05, 0.1) is 12.5 Å². The summed E-state index contributed by atoms with van der Waals surface area (Å²) in [5.41, 5.74) is 2.19. The van der Waals surface area contributed by atoms with Crippen LogP contribution < -0.4 is 5.32 Å². The molecule has 5 N–H and O–H groups in total. The van der Waals surface area contributed by atoms with Crippen LogP contribution in [0.1, 0.15) is 61.6 Å². The second-order valence-electron chi connectivity index (χ2n) is 9.67. The first-order chi connectivity index (χ1) is 14.7. The molecule has 0 radical (unpaired) electrons. The van der Waals surface area contributed by atoms with Crippen LogP contribution in [0, 0.1) is 17.3 Å². The number of amides is 1. The van der Waals surface area contributed by atoms with Gasteiger partial charge in [0.2, 0.25) is 5.91 Å². The monoisotopic (exact) mass is 449 g/mol. The van der Waals surface area contributed by atoms with Crippen LogP contribution in [0.5, 0.6) is 11.5 Å². The first-order valence-electron chi connectivity index (χ1n) is 11.0. The molecule has 1 amide bonds. The number of aromatic hydroxyl groups is 2. The van der Waals surface area contributed by atoms with Gasteiger partial charge >= 0.3 is 5.97 Å². The van der Waals surface area contributed by atoms with Crippen LogP contribution in [0.25, 0.3) is 0 Å². The van der Waals surface area contributed by atoms with Crippen LogP contribution in [-0.2, 0) is 22.4 Å². The van der Waals surface area contributed by atoms with Gasteiger partial charge in [0, 0.05) is 11.3 Å². The summed E-state index contributed by atoms with van der Waals surface area (Å²) in [5, 5.41) is 43.2. The van der Waals surface area contributed by atoms with E-state index in [0.29, 0.717) is 17.4 Å². The minimum absolute atomic E-state index is 0.0432. The maximum absolute atomic E-state index is 12.6. The summed E-state index contributed by atoms with van der Waals surface area (Å²) >= 11 is 3.98. The number of benzene rings is 1. The van der Waals surface area contributed by atoms with Gasteiger partial charge in [-0.3, -0.25) is 4.79 Å². The third-order valence-corrected chi connectivity index (χ3v) is 8.53. The molecule has 8 heteroatoms. The summed E-state index contributed by atoms with van der Waals surface area (Å²) in [6, 6.07) is 0.488. The molecule has 3 aliphatic carbocycles. The first kappa shape index (κ1) is 22.3. The Hall–Kier alpha value is -1.93. The number of thiol groups is 1. The molecule has 0 unspecified atom stereocenters. The highest BCUT2D eigenvalue weighted by Crippen LogP contribution is 2.62. The van der Waals surface area contributed by atoms with E-state index in [9.17, 15) is 30.0 Å². The van der Waals surface area contributed by atoms with Gasteiger partial charge < -0.3 is 25.7 Å². The Morgan fingerprint density at radius 3 is 2.68 bits per heavy atom. The molecule has 31 heavy (non-hydrogen) atoms. The third kappa shape index (κ3) is 3.67. The predicted molar refractivity (Wildman–Crippen MR) is 118 cm³/mol. The van der Waals surface area contributed by atoms with E-state index in [1.807, 2.05) is 0 Å². The Kier molecular flexibility index (Phi) is 5.89. The topological polar surface area (TPSA) is 127 Å². The molecule has 7 nitrogen and oxygen atoms in total. The summed E-state index contributed by atoms with van der Waals surface area (Å²) < 4.78 is 0. The molecule has 1 aromatic rings. The smallest absolute Gasteiger partial charge is 0.327 e. The number of carbonyl (C=O) groups is 2. The van der Waals surface area contributed by atoms with Crippen LogP contribution in [0.4, 0.5) is 0 Å². The minimum atomic E-state index is -1.17. The van der Waals surface area contributed by atoms with Crippen LogP contribution in [0.2, 0.25) is 0 Å². The molecule has 0 saturated heterocycles. The lowest BCUT2D eigenvalue weighted by molar-refractivity contribution is -0.141. The lowest BCUT2D eigenvalue weighted by atomic mass is 9.55. The predicted octanol–water partition coefficient (Wildman–Crippen LogP) is 2.36. The number of nitrogens with one attached hydrogen (secondary N) is 1. The second kappa shape index (κ2) is 8.20. The molecular weight excluding hydrogens is 418 g/mol. The molecule has 1 aromatic carbocycles. The van der Waals surface area contributed by atoms with Crippen LogP contribution in [0.3, 0.4) is 0 Å². The molecule has 2 saturated carbocycles. The average Bonchev–Trinajstić information content (AvgIpc) is 3.03. The molecule has 0 bridgehead atoms. The Morgan fingerprint density at radius 2 is 2.00 bits per heavy atom. The molecule has 6 atom stereocenters. The van der Waals surface area contributed by atoms with E-state index in [0.717, 1.165) is 49.7 Å². The fourth-order valence-electron chi connectivity index (χ4n) is 6.57. The average molecular weight is 450 g/mol. The second-order valence-corrected chi connectivity index (χ2v) is 10.0. The van der Waals surface area contributed by atoms with Crippen molar-refractivity contribution in [3.05, 3.63) is 22.8 Å². The van der Waals surface area contributed by atoms with E-state index >= 15 is 0 Å². The zero-order chi connectivity index (χ0) is 22.5. The number of carboxylic acid groups (broad SMARTS) is 1. The van der Waals surface area contributed by atoms with Crippen molar-refractivity contribution in [1.82, 2.24) is 5.32 Å². The maximum atomic E-state index is 12.6. The molecule has 170 valence electrons. The largest absolute Gasteiger partial charge is 0.504 e. The lowest BCUT2D eigenvalue weighted by Crippen LogP contribution is -2.45. The number of rotatable bonds is 5. The summed E-state index contributed by atoms with van der Waals surface area (Å²) in [6.07, 6.45) is 4.75. The zero-order valence-corrected chi connectivity index (χ0v) is 18.6. The van der Waals surface area contributed by atoms with Crippen molar-refractivity contribution in [2.45, 2.75) is 69.9 Å². The van der Waals surface area contributed by atoms with Gasteiger partial charge in [-0.05, 0) is 78.9 Å². The van der Waals surface area contributed by atoms with E-state index in [4.69, 9.17) is 0 Å². The van der Waals surface area contributed by atoms with Crippen LogP contribution >= 0.6 is 12.6 Å². The number of phenols is 2. The number of hydrogen-bond donors (Lipinski definition) is 6. The molecule has 0 spiro atoms. The highest BCUT2D eigenvalue weighted by Gasteiger charge is 2.54. The number of aliphatic hydroxyl groups excluding tert-OH is 1. The van der Waals surface area contributed by atoms with E-state index in [-0.39, 0.29) is 41.1 Å². The Labute approximate surface area is 187 Å². The minimum Gasteiger partial charge on any atom is -0.504 e. The van der Waals surface area contributed by atoms with Crippen molar-refractivity contribution >= 4 is 24.5 Å². The number of fused-ring (bicyclic) bond motifs is 5. The van der Waals surface area contributed by atoms with Crippen molar-refractivity contribution in [2.75, 3.05) is 5.75 Å². The molecule has 0 heterocycles.